The van der Waals surface area contributed by atoms with Gasteiger partial charge < -0.3 is 9.88 Å². The molecule has 2 rings (SSSR count). The summed E-state index contributed by atoms with van der Waals surface area (Å²) < 4.78 is 2.12. The van der Waals surface area contributed by atoms with Gasteiger partial charge in [0.1, 0.15) is 5.82 Å². The van der Waals surface area contributed by atoms with Crippen molar-refractivity contribution < 1.29 is 0 Å². The maximum atomic E-state index is 4.39. The van der Waals surface area contributed by atoms with Gasteiger partial charge in [-0.05, 0) is 13.3 Å². The third-order valence-electron chi connectivity index (χ3n) is 4.12. The molecule has 1 aliphatic heterocycles. The highest BCUT2D eigenvalue weighted by Gasteiger charge is 2.32. The summed E-state index contributed by atoms with van der Waals surface area (Å²) in [5, 5.41) is 3.50. The minimum absolute atomic E-state index is 0.309. The van der Waals surface area contributed by atoms with Crippen LogP contribution in [0.5, 0.6) is 0 Å². The van der Waals surface area contributed by atoms with Gasteiger partial charge in [-0.3, -0.25) is 4.90 Å². The number of imidazole rings is 1. The second kappa shape index (κ2) is 5.19. The van der Waals surface area contributed by atoms with Crippen molar-refractivity contribution in [3.63, 3.8) is 0 Å². The number of piperazine rings is 1. The molecule has 4 heteroatoms. The Hall–Kier alpha value is -0.870. The maximum Gasteiger partial charge on any atom is 0.109 e. The van der Waals surface area contributed by atoms with E-state index in [1.165, 1.54) is 12.2 Å². The Morgan fingerprint density at radius 1 is 1.53 bits per heavy atom. The highest BCUT2D eigenvalue weighted by Crippen LogP contribution is 2.21. The predicted octanol–water partition coefficient (Wildman–Crippen LogP) is 1.04. The van der Waals surface area contributed by atoms with Crippen LogP contribution in [0.1, 0.15) is 26.1 Å². The molecule has 1 atom stereocenters. The molecule has 1 fully saturated rings. The van der Waals surface area contributed by atoms with Gasteiger partial charge in [0, 0.05) is 57.6 Å². The number of hydrogen-bond acceptors (Lipinski definition) is 3. The van der Waals surface area contributed by atoms with Gasteiger partial charge in [0.2, 0.25) is 0 Å². The smallest absolute Gasteiger partial charge is 0.109 e. The molecular formula is C13H24N4. The van der Waals surface area contributed by atoms with Gasteiger partial charge in [0.05, 0.1) is 0 Å². The minimum Gasteiger partial charge on any atom is -0.338 e. The molecule has 1 aromatic heterocycles. The molecule has 17 heavy (non-hydrogen) atoms. The number of aryl methyl sites for hydroxylation is 1. The van der Waals surface area contributed by atoms with Gasteiger partial charge in [-0.2, -0.15) is 0 Å². The van der Waals surface area contributed by atoms with Crippen LogP contribution in [0.3, 0.4) is 0 Å². The fourth-order valence-corrected chi connectivity index (χ4v) is 2.56. The lowest BCUT2D eigenvalue weighted by Crippen LogP contribution is -2.59. The van der Waals surface area contributed by atoms with Gasteiger partial charge in [-0.1, -0.05) is 6.92 Å². The Bertz CT molecular complexity index is 360. The van der Waals surface area contributed by atoms with Crippen LogP contribution >= 0.6 is 0 Å². The summed E-state index contributed by atoms with van der Waals surface area (Å²) in [4.78, 5) is 7.00. The van der Waals surface area contributed by atoms with Crippen LogP contribution in [0.15, 0.2) is 12.4 Å². The molecule has 0 spiro atoms. The molecule has 96 valence electrons. The molecule has 1 saturated heterocycles. The molecule has 0 aromatic carbocycles. The van der Waals surface area contributed by atoms with Crippen molar-refractivity contribution >= 4 is 0 Å². The Balaban J connectivity index is 1.95. The van der Waals surface area contributed by atoms with Crippen LogP contribution < -0.4 is 5.32 Å². The number of rotatable bonds is 4. The summed E-state index contributed by atoms with van der Waals surface area (Å²) >= 11 is 0. The van der Waals surface area contributed by atoms with E-state index < -0.39 is 0 Å². The molecule has 0 aliphatic carbocycles. The molecule has 1 aliphatic rings. The molecule has 0 saturated carbocycles. The normalized spacial score (nSPS) is 26.3. The number of nitrogens with zero attached hydrogens (tertiary/aromatic N) is 3. The lowest BCUT2D eigenvalue weighted by Gasteiger charge is -2.45. The molecule has 1 unspecified atom stereocenters. The Morgan fingerprint density at radius 2 is 2.35 bits per heavy atom. The molecule has 4 nitrogen and oxygen atoms in total. The van der Waals surface area contributed by atoms with Crippen LogP contribution in [0.4, 0.5) is 0 Å². The molecule has 0 radical (unpaired) electrons. The minimum atomic E-state index is 0.309. The quantitative estimate of drug-likeness (QED) is 0.848. The van der Waals surface area contributed by atoms with Gasteiger partial charge in [0.25, 0.3) is 0 Å². The summed E-state index contributed by atoms with van der Waals surface area (Å²) in [6.45, 7) is 9.10. The maximum absolute atomic E-state index is 4.39. The van der Waals surface area contributed by atoms with Crippen molar-refractivity contribution in [2.45, 2.75) is 32.2 Å². The van der Waals surface area contributed by atoms with E-state index in [2.05, 4.69) is 40.7 Å². The lowest BCUT2D eigenvalue weighted by molar-refractivity contribution is 0.0720. The molecular weight excluding hydrogens is 212 g/mol. The average molecular weight is 236 g/mol. The van der Waals surface area contributed by atoms with Gasteiger partial charge >= 0.3 is 0 Å². The fourth-order valence-electron chi connectivity index (χ4n) is 2.56. The second-order valence-electron chi connectivity index (χ2n) is 5.22. The highest BCUT2D eigenvalue weighted by molar-refractivity contribution is 4.96. The van der Waals surface area contributed by atoms with Crippen LogP contribution in [-0.2, 0) is 13.5 Å². The zero-order valence-electron chi connectivity index (χ0n) is 11.2. The standard InChI is InChI=1S/C13H24N4/c1-4-13(2)11-14-6-10-17(13)8-5-12-15-7-9-16(12)3/h7,9,14H,4-6,8,10-11H2,1-3H3. The first kappa shape index (κ1) is 12.6. The Kier molecular flexibility index (Phi) is 3.84. The Morgan fingerprint density at radius 3 is 3.00 bits per heavy atom. The topological polar surface area (TPSA) is 33.1 Å². The van der Waals surface area contributed by atoms with E-state index >= 15 is 0 Å². The average Bonchev–Trinajstić information content (AvgIpc) is 2.74. The van der Waals surface area contributed by atoms with E-state index in [1.54, 1.807) is 0 Å². The van der Waals surface area contributed by atoms with Crippen LogP contribution in [-0.4, -0.2) is 46.2 Å². The van der Waals surface area contributed by atoms with Crippen LogP contribution in [0, 0.1) is 0 Å². The molecule has 1 aromatic rings. The van der Waals surface area contributed by atoms with Gasteiger partial charge in [-0.15, -0.1) is 0 Å². The van der Waals surface area contributed by atoms with Crippen LogP contribution in [0.2, 0.25) is 0 Å². The van der Waals surface area contributed by atoms with Crippen molar-refractivity contribution in [3.8, 4) is 0 Å². The first-order valence-electron chi connectivity index (χ1n) is 6.58. The summed E-state index contributed by atoms with van der Waals surface area (Å²) in [6.07, 6.45) is 6.14. The third kappa shape index (κ3) is 2.69. The van der Waals surface area contributed by atoms with Crippen molar-refractivity contribution in [1.82, 2.24) is 19.8 Å². The molecule has 0 amide bonds. The largest absolute Gasteiger partial charge is 0.338 e. The van der Waals surface area contributed by atoms with E-state index in [1.807, 2.05) is 12.4 Å². The summed E-state index contributed by atoms with van der Waals surface area (Å²) in [5.74, 6) is 1.18. The Labute approximate surface area is 104 Å². The first-order chi connectivity index (χ1) is 8.15. The fraction of sp³-hybridized carbons (Fsp3) is 0.769. The summed E-state index contributed by atoms with van der Waals surface area (Å²) in [7, 11) is 2.07. The highest BCUT2D eigenvalue weighted by atomic mass is 15.3. The van der Waals surface area contributed by atoms with E-state index in [-0.39, 0.29) is 0 Å². The van der Waals surface area contributed by atoms with E-state index in [0.717, 1.165) is 32.6 Å². The number of nitrogens with one attached hydrogen (secondary N) is 1. The third-order valence-corrected chi connectivity index (χ3v) is 4.12. The molecule has 0 bridgehead atoms. The first-order valence-corrected chi connectivity index (χ1v) is 6.58. The van der Waals surface area contributed by atoms with E-state index in [9.17, 15) is 0 Å². The summed E-state index contributed by atoms with van der Waals surface area (Å²) in [6, 6.07) is 0. The van der Waals surface area contributed by atoms with Crippen molar-refractivity contribution in [3.05, 3.63) is 18.2 Å². The molecule has 2 heterocycles. The molecule has 1 N–H and O–H groups in total. The van der Waals surface area contributed by atoms with E-state index in [4.69, 9.17) is 0 Å². The zero-order valence-corrected chi connectivity index (χ0v) is 11.2. The lowest BCUT2D eigenvalue weighted by atomic mass is 9.94. The number of aromatic nitrogens is 2. The number of hydrogen-bond donors (Lipinski definition) is 1. The van der Waals surface area contributed by atoms with Crippen LogP contribution in [0.25, 0.3) is 0 Å². The summed E-state index contributed by atoms with van der Waals surface area (Å²) in [5.41, 5.74) is 0.309. The van der Waals surface area contributed by atoms with Crippen molar-refractivity contribution in [2.24, 2.45) is 7.05 Å². The monoisotopic (exact) mass is 236 g/mol. The van der Waals surface area contributed by atoms with E-state index in [0.29, 0.717) is 5.54 Å². The zero-order chi connectivity index (χ0) is 12.3. The van der Waals surface area contributed by atoms with Gasteiger partial charge in [-0.25, -0.2) is 4.98 Å². The SMILES string of the molecule is CCC1(C)CNCCN1CCc1nccn1C. The van der Waals surface area contributed by atoms with Gasteiger partial charge in [0.15, 0.2) is 0 Å². The van der Waals surface area contributed by atoms with Crippen molar-refractivity contribution in [2.75, 3.05) is 26.2 Å². The predicted molar refractivity (Wildman–Crippen MR) is 70.1 cm³/mol. The second-order valence-corrected chi connectivity index (χ2v) is 5.22. The van der Waals surface area contributed by atoms with Crippen molar-refractivity contribution in [1.29, 1.82) is 0 Å².